The molecule has 0 saturated carbocycles. The summed E-state index contributed by atoms with van der Waals surface area (Å²) in [4.78, 5) is 27.6. The highest BCUT2D eigenvalue weighted by Crippen LogP contribution is 2.18. The number of Topliss-reactive ketones (excluding diaryl/α,β-unsaturated/α-hetero) is 1. The summed E-state index contributed by atoms with van der Waals surface area (Å²) in [6, 6.07) is 12.4. The normalized spacial score (nSPS) is 16.5. The predicted molar refractivity (Wildman–Crippen MR) is 95.9 cm³/mol. The molecule has 132 valence electrons. The molecule has 3 rings (SSSR count). The highest BCUT2D eigenvalue weighted by Gasteiger charge is 2.21. The molecule has 0 aliphatic carbocycles. The number of morpholine rings is 1. The molecule has 1 saturated heterocycles. The van der Waals surface area contributed by atoms with Crippen LogP contribution in [-0.2, 0) is 9.53 Å². The summed E-state index contributed by atoms with van der Waals surface area (Å²) < 4.78 is 7.12. The number of ketones is 2. The molecular weight excluding hydrogens is 316 g/mol. The first-order valence-electron chi connectivity index (χ1n) is 8.76. The molecule has 1 fully saturated rings. The van der Waals surface area contributed by atoms with Gasteiger partial charge in [-0.15, -0.1) is 0 Å². The van der Waals surface area contributed by atoms with Crippen molar-refractivity contribution in [2.24, 2.45) is 0 Å². The van der Waals surface area contributed by atoms with Gasteiger partial charge in [-0.3, -0.25) is 14.5 Å². The zero-order valence-corrected chi connectivity index (χ0v) is 14.6. The smallest absolute Gasteiger partial charge is 0.209 e. The van der Waals surface area contributed by atoms with Crippen LogP contribution in [0.2, 0.25) is 0 Å². The molecule has 1 aliphatic heterocycles. The molecule has 1 unspecified atom stereocenters. The van der Waals surface area contributed by atoms with Crippen LogP contribution >= 0.6 is 0 Å². The lowest BCUT2D eigenvalue weighted by molar-refractivity contribution is -0.122. The number of benzene rings is 1. The Hall–Kier alpha value is -2.24. The topological polar surface area (TPSA) is 51.5 Å². The van der Waals surface area contributed by atoms with Crippen LogP contribution in [0.3, 0.4) is 0 Å². The molecule has 0 N–H and O–H groups in total. The number of carbonyl (C=O) groups is 2. The summed E-state index contributed by atoms with van der Waals surface area (Å²) in [6.45, 7) is 5.83. The molecule has 0 bridgehead atoms. The van der Waals surface area contributed by atoms with E-state index in [4.69, 9.17) is 4.74 Å². The average molecular weight is 340 g/mol. The van der Waals surface area contributed by atoms with Crippen LogP contribution in [0.1, 0.15) is 35.4 Å². The molecule has 25 heavy (non-hydrogen) atoms. The van der Waals surface area contributed by atoms with Gasteiger partial charge in [0.15, 0.2) is 5.78 Å². The minimum absolute atomic E-state index is 0.0570. The summed E-state index contributed by atoms with van der Waals surface area (Å²) >= 11 is 0. The van der Waals surface area contributed by atoms with Crippen LogP contribution in [-0.4, -0.2) is 53.9 Å². The standard InChI is InChI=1S/C20H24N2O3/c1-16(19(23)9-11-21-12-14-25-15-13-21)22-10-5-8-18(22)20(24)17-6-3-2-4-7-17/h2-8,10,16H,9,11-15H2,1H3. The van der Waals surface area contributed by atoms with Gasteiger partial charge in [-0.2, -0.15) is 0 Å². The summed E-state index contributed by atoms with van der Waals surface area (Å²) in [6.07, 6.45) is 2.30. The van der Waals surface area contributed by atoms with E-state index >= 15 is 0 Å². The van der Waals surface area contributed by atoms with Crippen molar-refractivity contribution in [3.05, 3.63) is 59.9 Å². The fourth-order valence-corrected chi connectivity index (χ4v) is 3.12. The van der Waals surface area contributed by atoms with Crippen LogP contribution in [0.4, 0.5) is 0 Å². The Bertz CT molecular complexity index is 718. The number of aromatic nitrogens is 1. The molecular formula is C20H24N2O3. The van der Waals surface area contributed by atoms with Gasteiger partial charge in [-0.25, -0.2) is 0 Å². The zero-order valence-electron chi connectivity index (χ0n) is 14.6. The van der Waals surface area contributed by atoms with Crippen molar-refractivity contribution in [3.8, 4) is 0 Å². The highest BCUT2D eigenvalue weighted by molar-refractivity contribution is 6.08. The molecule has 0 amide bonds. The second-order valence-corrected chi connectivity index (χ2v) is 6.34. The number of carbonyl (C=O) groups excluding carboxylic acids is 2. The van der Waals surface area contributed by atoms with E-state index in [9.17, 15) is 9.59 Å². The van der Waals surface area contributed by atoms with Crippen molar-refractivity contribution >= 4 is 11.6 Å². The molecule has 5 nitrogen and oxygen atoms in total. The molecule has 1 aromatic heterocycles. The molecule has 0 spiro atoms. The lowest BCUT2D eigenvalue weighted by Crippen LogP contribution is -2.38. The Labute approximate surface area is 148 Å². The van der Waals surface area contributed by atoms with Crippen LogP contribution < -0.4 is 0 Å². The highest BCUT2D eigenvalue weighted by atomic mass is 16.5. The molecule has 5 heteroatoms. The van der Waals surface area contributed by atoms with E-state index in [2.05, 4.69) is 4.90 Å². The van der Waals surface area contributed by atoms with Gasteiger partial charge < -0.3 is 9.30 Å². The van der Waals surface area contributed by atoms with Crippen molar-refractivity contribution < 1.29 is 14.3 Å². The molecule has 1 aliphatic rings. The van der Waals surface area contributed by atoms with Gasteiger partial charge in [0, 0.05) is 37.8 Å². The third-order valence-electron chi connectivity index (χ3n) is 4.71. The van der Waals surface area contributed by atoms with Crippen molar-refractivity contribution in [3.63, 3.8) is 0 Å². The molecule has 2 aromatic rings. The number of nitrogens with zero attached hydrogens (tertiary/aromatic N) is 2. The third-order valence-corrected chi connectivity index (χ3v) is 4.71. The maximum Gasteiger partial charge on any atom is 0.209 e. The second kappa shape index (κ2) is 8.23. The maximum absolute atomic E-state index is 12.7. The Balaban J connectivity index is 1.66. The monoisotopic (exact) mass is 340 g/mol. The largest absolute Gasteiger partial charge is 0.379 e. The lowest BCUT2D eigenvalue weighted by atomic mass is 10.1. The Kier molecular flexibility index (Phi) is 5.79. The van der Waals surface area contributed by atoms with E-state index in [1.807, 2.05) is 37.4 Å². The first kappa shape index (κ1) is 17.6. The van der Waals surface area contributed by atoms with Crippen molar-refractivity contribution in [1.29, 1.82) is 0 Å². The van der Waals surface area contributed by atoms with Gasteiger partial charge in [-0.1, -0.05) is 30.3 Å². The molecule has 2 heterocycles. The molecule has 0 radical (unpaired) electrons. The van der Waals surface area contributed by atoms with Crippen LogP contribution in [0, 0.1) is 0 Å². The van der Waals surface area contributed by atoms with Crippen molar-refractivity contribution in [1.82, 2.24) is 9.47 Å². The number of hydrogen-bond acceptors (Lipinski definition) is 4. The van der Waals surface area contributed by atoms with E-state index in [1.54, 1.807) is 22.8 Å². The first-order chi connectivity index (χ1) is 12.2. The summed E-state index contributed by atoms with van der Waals surface area (Å²) in [5, 5.41) is 0. The second-order valence-electron chi connectivity index (χ2n) is 6.34. The third kappa shape index (κ3) is 4.24. The predicted octanol–water partition coefficient (Wildman–Crippen LogP) is 2.57. The van der Waals surface area contributed by atoms with Crippen LogP contribution in [0.25, 0.3) is 0 Å². The Morgan fingerprint density at radius 1 is 1.08 bits per heavy atom. The van der Waals surface area contributed by atoms with Gasteiger partial charge >= 0.3 is 0 Å². The van der Waals surface area contributed by atoms with Gasteiger partial charge in [0.2, 0.25) is 5.78 Å². The number of rotatable bonds is 7. The van der Waals surface area contributed by atoms with Crippen LogP contribution in [0.15, 0.2) is 48.7 Å². The maximum atomic E-state index is 12.7. The summed E-state index contributed by atoms with van der Waals surface area (Å²) in [5.74, 6) is 0.0863. The Morgan fingerprint density at radius 2 is 1.80 bits per heavy atom. The van der Waals surface area contributed by atoms with E-state index in [0.717, 1.165) is 32.8 Å². The number of ether oxygens (including phenoxy) is 1. The quantitative estimate of drug-likeness (QED) is 0.727. The van der Waals surface area contributed by atoms with E-state index in [-0.39, 0.29) is 17.6 Å². The van der Waals surface area contributed by atoms with Gasteiger partial charge in [0.05, 0.1) is 24.9 Å². The van der Waals surface area contributed by atoms with Gasteiger partial charge in [0.1, 0.15) is 0 Å². The number of hydrogen-bond donors (Lipinski definition) is 0. The molecule has 1 aromatic carbocycles. The first-order valence-corrected chi connectivity index (χ1v) is 8.76. The molecule has 1 atom stereocenters. The van der Waals surface area contributed by atoms with E-state index in [1.165, 1.54) is 0 Å². The minimum Gasteiger partial charge on any atom is -0.379 e. The fraction of sp³-hybridized carbons (Fsp3) is 0.400. The van der Waals surface area contributed by atoms with Crippen LogP contribution in [0.5, 0.6) is 0 Å². The van der Waals surface area contributed by atoms with Crippen molar-refractivity contribution in [2.45, 2.75) is 19.4 Å². The van der Waals surface area contributed by atoms with E-state index in [0.29, 0.717) is 17.7 Å². The average Bonchev–Trinajstić information content (AvgIpc) is 3.16. The van der Waals surface area contributed by atoms with Gasteiger partial charge in [0.25, 0.3) is 0 Å². The SMILES string of the molecule is CC(C(=O)CCN1CCOCC1)n1cccc1C(=O)c1ccccc1. The lowest BCUT2D eigenvalue weighted by Gasteiger charge is -2.26. The summed E-state index contributed by atoms with van der Waals surface area (Å²) in [7, 11) is 0. The van der Waals surface area contributed by atoms with Gasteiger partial charge in [-0.05, 0) is 19.1 Å². The van der Waals surface area contributed by atoms with Crippen molar-refractivity contribution in [2.75, 3.05) is 32.8 Å². The minimum atomic E-state index is -0.348. The zero-order chi connectivity index (χ0) is 17.6. The summed E-state index contributed by atoms with van der Waals surface area (Å²) in [5.41, 5.74) is 1.19. The Morgan fingerprint density at radius 3 is 2.52 bits per heavy atom. The van der Waals surface area contributed by atoms with E-state index < -0.39 is 0 Å². The fourth-order valence-electron chi connectivity index (χ4n) is 3.12.